The zero-order valence-corrected chi connectivity index (χ0v) is 13.8. The molecule has 9 heteroatoms. The third-order valence-electron chi connectivity index (χ3n) is 3.11. The number of methoxy groups -OCH3 is 1. The molecule has 0 saturated heterocycles. The van der Waals surface area contributed by atoms with Gasteiger partial charge in [0.1, 0.15) is 6.10 Å². The fraction of sp³-hybridized carbons (Fsp3) is 0.714. The maximum atomic E-state index is 12.3. The first-order chi connectivity index (χ1) is 10.6. The molecule has 23 heavy (non-hydrogen) atoms. The van der Waals surface area contributed by atoms with Crippen LogP contribution in [0.15, 0.2) is 0 Å². The van der Waals surface area contributed by atoms with E-state index in [-0.39, 0.29) is 0 Å². The molecule has 0 heterocycles. The topological polar surface area (TPSA) is 128 Å². The SMILES string of the molecule is COC(=O)[C@H](CO)NC(=O)[C@H](OC(C)=O)[C@@H](C)[C@@H](C)OC(C)=O. The van der Waals surface area contributed by atoms with Gasteiger partial charge in [-0.3, -0.25) is 14.4 Å². The van der Waals surface area contributed by atoms with Crippen LogP contribution in [-0.2, 0) is 33.4 Å². The Kier molecular flexibility index (Phi) is 8.86. The zero-order valence-electron chi connectivity index (χ0n) is 13.8. The second-order valence-corrected chi connectivity index (χ2v) is 4.97. The minimum atomic E-state index is -1.31. The lowest BCUT2D eigenvalue weighted by Gasteiger charge is -2.28. The molecule has 0 fully saturated rings. The van der Waals surface area contributed by atoms with Crippen molar-refractivity contribution in [3.8, 4) is 0 Å². The van der Waals surface area contributed by atoms with Gasteiger partial charge in [0.25, 0.3) is 5.91 Å². The van der Waals surface area contributed by atoms with E-state index in [1.807, 2.05) is 0 Å². The molecule has 0 aromatic heterocycles. The van der Waals surface area contributed by atoms with E-state index in [2.05, 4.69) is 10.1 Å². The number of aliphatic hydroxyl groups excluding tert-OH is 1. The number of carbonyl (C=O) groups excluding carboxylic acids is 4. The highest BCUT2D eigenvalue weighted by Gasteiger charge is 2.35. The Bertz CT molecular complexity index is 450. The van der Waals surface area contributed by atoms with Crippen LogP contribution in [0.25, 0.3) is 0 Å². The molecular formula is C14H23NO8. The first-order valence-electron chi connectivity index (χ1n) is 6.97. The van der Waals surface area contributed by atoms with Crippen molar-refractivity contribution in [2.45, 2.75) is 45.9 Å². The van der Waals surface area contributed by atoms with E-state index in [0.29, 0.717) is 0 Å². The van der Waals surface area contributed by atoms with Gasteiger partial charge in [-0.15, -0.1) is 0 Å². The summed E-state index contributed by atoms with van der Waals surface area (Å²) in [5.41, 5.74) is 0. The van der Waals surface area contributed by atoms with E-state index in [1.165, 1.54) is 6.92 Å². The van der Waals surface area contributed by atoms with Crippen molar-refractivity contribution in [2.24, 2.45) is 5.92 Å². The summed E-state index contributed by atoms with van der Waals surface area (Å²) >= 11 is 0. The Hall–Kier alpha value is -2.16. The summed E-state index contributed by atoms with van der Waals surface area (Å²) in [4.78, 5) is 45.9. The van der Waals surface area contributed by atoms with Crippen molar-refractivity contribution in [1.82, 2.24) is 5.32 Å². The van der Waals surface area contributed by atoms with Gasteiger partial charge in [0.15, 0.2) is 12.1 Å². The Morgan fingerprint density at radius 2 is 1.57 bits per heavy atom. The minimum Gasteiger partial charge on any atom is -0.467 e. The van der Waals surface area contributed by atoms with Crippen molar-refractivity contribution in [1.29, 1.82) is 0 Å². The van der Waals surface area contributed by atoms with Gasteiger partial charge in [0.05, 0.1) is 13.7 Å². The molecule has 0 unspecified atom stereocenters. The number of rotatable bonds is 8. The molecule has 0 bridgehead atoms. The number of nitrogens with one attached hydrogen (secondary N) is 1. The molecule has 0 saturated carbocycles. The predicted molar refractivity (Wildman–Crippen MR) is 77.0 cm³/mol. The highest BCUT2D eigenvalue weighted by molar-refractivity contribution is 5.88. The van der Waals surface area contributed by atoms with E-state index in [4.69, 9.17) is 14.6 Å². The van der Waals surface area contributed by atoms with Crippen LogP contribution in [-0.4, -0.2) is 60.9 Å². The Labute approximate surface area is 134 Å². The number of hydrogen-bond donors (Lipinski definition) is 2. The number of ether oxygens (including phenoxy) is 3. The van der Waals surface area contributed by atoms with Crippen molar-refractivity contribution < 1.29 is 38.5 Å². The highest BCUT2D eigenvalue weighted by atomic mass is 16.6. The lowest BCUT2D eigenvalue weighted by molar-refractivity contribution is -0.164. The van der Waals surface area contributed by atoms with Gasteiger partial charge in [-0.05, 0) is 6.92 Å². The number of amides is 1. The summed E-state index contributed by atoms with van der Waals surface area (Å²) in [6.45, 7) is 4.74. The Morgan fingerprint density at radius 3 is 1.96 bits per heavy atom. The summed E-state index contributed by atoms with van der Waals surface area (Å²) in [5.74, 6) is -3.60. The van der Waals surface area contributed by atoms with Crippen molar-refractivity contribution in [3.05, 3.63) is 0 Å². The summed E-state index contributed by atoms with van der Waals surface area (Å²) in [5, 5.41) is 11.3. The first kappa shape index (κ1) is 20.8. The summed E-state index contributed by atoms with van der Waals surface area (Å²) in [6.07, 6.45) is -2.02. The smallest absolute Gasteiger partial charge is 0.330 e. The molecule has 0 aliphatic carbocycles. The van der Waals surface area contributed by atoms with Crippen molar-refractivity contribution in [3.63, 3.8) is 0 Å². The second-order valence-electron chi connectivity index (χ2n) is 4.97. The largest absolute Gasteiger partial charge is 0.467 e. The molecule has 1 amide bonds. The third-order valence-corrected chi connectivity index (χ3v) is 3.11. The highest BCUT2D eigenvalue weighted by Crippen LogP contribution is 2.16. The average Bonchev–Trinajstić information content (AvgIpc) is 2.47. The fourth-order valence-electron chi connectivity index (χ4n) is 1.77. The normalized spacial score (nSPS) is 15.6. The molecule has 0 aliphatic heterocycles. The van der Waals surface area contributed by atoms with Crippen LogP contribution in [0.1, 0.15) is 27.7 Å². The molecule has 0 aliphatic rings. The molecule has 0 aromatic carbocycles. The van der Waals surface area contributed by atoms with Crippen LogP contribution in [0.4, 0.5) is 0 Å². The van der Waals surface area contributed by atoms with Crippen LogP contribution in [0.3, 0.4) is 0 Å². The summed E-state index contributed by atoms with van der Waals surface area (Å²) < 4.78 is 14.4. The maximum absolute atomic E-state index is 12.3. The van der Waals surface area contributed by atoms with E-state index < -0.39 is 54.6 Å². The lowest BCUT2D eigenvalue weighted by Crippen LogP contribution is -2.52. The molecule has 0 aromatic rings. The molecule has 0 radical (unpaired) electrons. The quantitative estimate of drug-likeness (QED) is 0.434. The van der Waals surface area contributed by atoms with Gasteiger partial charge in [-0.2, -0.15) is 0 Å². The predicted octanol–water partition coefficient (Wildman–Crippen LogP) is -0.844. The molecule has 4 atom stereocenters. The standard InChI is InChI=1S/C14H23NO8/c1-7(8(2)22-9(3)17)12(23-10(4)18)13(19)15-11(6-16)14(20)21-5/h7-8,11-12,16H,6H2,1-5H3,(H,15,19)/t7-,8+,11-,12+/m0/s1. The number of hydrogen-bond acceptors (Lipinski definition) is 8. The maximum Gasteiger partial charge on any atom is 0.330 e. The van der Waals surface area contributed by atoms with Crippen LogP contribution >= 0.6 is 0 Å². The molecule has 0 rings (SSSR count). The van der Waals surface area contributed by atoms with Gasteiger partial charge in [-0.25, -0.2) is 4.79 Å². The van der Waals surface area contributed by atoms with Crippen molar-refractivity contribution in [2.75, 3.05) is 13.7 Å². The van der Waals surface area contributed by atoms with Crippen LogP contribution in [0, 0.1) is 5.92 Å². The second kappa shape index (κ2) is 9.78. The summed E-state index contributed by atoms with van der Waals surface area (Å²) in [7, 11) is 1.10. The van der Waals surface area contributed by atoms with Crippen molar-refractivity contribution >= 4 is 23.8 Å². The van der Waals surface area contributed by atoms with Gasteiger partial charge >= 0.3 is 17.9 Å². The molecule has 2 N–H and O–H groups in total. The summed E-state index contributed by atoms with van der Waals surface area (Å²) in [6, 6.07) is -1.29. The molecular weight excluding hydrogens is 310 g/mol. The Balaban J connectivity index is 5.14. The van der Waals surface area contributed by atoms with E-state index >= 15 is 0 Å². The van der Waals surface area contributed by atoms with Gasteiger partial charge < -0.3 is 24.6 Å². The Morgan fingerprint density at radius 1 is 1.04 bits per heavy atom. The number of esters is 3. The molecule has 9 nitrogen and oxygen atoms in total. The van der Waals surface area contributed by atoms with Crippen LogP contribution < -0.4 is 5.32 Å². The van der Waals surface area contributed by atoms with E-state index in [1.54, 1.807) is 13.8 Å². The monoisotopic (exact) mass is 333 g/mol. The first-order valence-corrected chi connectivity index (χ1v) is 6.97. The van der Waals surface area contributed by atoms with E-state index in [9.17, 15) is 19.2 Å². The minimum absolute atomic E-state index is 0.547. The lowest BCUT2D eigenvalue weighted by atomic mass is 9.97. The average molecular weight is 333 g/mol. The van der Waals surface area contributed by atoms with Gasteiger partial charge in [0.2, 0.25) is 0 Å². The van der Waals surface area contributed by atoms with Crippen LogP contribution in [0.2, 0.25) is 0 Å². The molecule has 132 valence electrons. The van der Waals surface area contributed by atoms with Gasteiger partial charge in [-0.1, -0.05) is 6.92 Å². The van der Waals surface area contributed by atoms with Gasteiger partial charge in [0, 0.05) is 19.8 Å². The number of aliphatic hydroxyl groups is 1. The van der Waals surface area contributed by atoms with E-state index in [0.717, 1.165) is 14.0 Å². The third kappa shape index (κ3) is 7.09. The molecule has 0 spiro atoms. The fourth-order valence-corrected chi connectivity index (χ4v) is 1.77. The van der Waals surface area contributed by atoms with Crippen LogP contribution in [0.5, 0.6) is 0 Å². The number of carbonyl (C=O) groups is 4. The zero-order chi connectivity index (χ0) is 18.2.